The van der Waals surface area contributed by atoms with Gasteiger partial charge in [-0.25, -0.2) is 4.98 Å². The van der Waals surface area contributed by atoms with E-state index in [1.165, 1.54) is 18.1 Å². The fraction of sp³-hybridized carbons (Fsp3) is 0. The van der Waals surface area contributed by atoms with Crippen molar-refractivity contribution in [1.82, 2.24) is 9.97 Å². The van der Waals surface area contributed by atoms with Gasteiger partial charge in [-0.15, -0.1) is 11.3 Å². The molecular formula is C8H5ClN2OS2. The maximum atomic E-state index is 11.1. The first-order valence-electron chi connectivity index (χ1n) is 3.72. The smallest absolute Gasteiger partial charge is 0.270 e. The van der Waals surface area contributed by atoms with Crippen molar-refractivity contribution in [2.75, 3.05) is 0 Å². The van der Waals surface area contributed by atoms with Gasteiger partial charge >= 0.3 is 0 Å². The molecule has 0 bridgehead atoms. The second kappa shape index (κ2) is 4.16. The van der Waals surface area contributed by atoms with Crippen molar-refractivity contribution in [3.8, 4) is 0 Å². The lowest BCUT2D eigenvalue weighted by atomic mass is 10.6. The van der Waals surface area contributed by atoms with Crippen LogP contribution >= 0.6 is 34.7 Å². The quantitative estimate of drug-likeness (QED) is 0.826. The maximum absolute atomic E-state index is 11.1. The number of H-pyrrole nitrogens is 1. The molecule has 0 aromatic carbocycles. The largest absolute Gasteiger partial charge is 0.312 e. The zero-order valence-electron chi connectivity index (χ0n) is 6.86. The monoisotopic (exact) mass is 244 g/mol. The van der Waals surface area contributed by atoms with Crippen LogP contribution in [0.2, 0.25) is 5.02 Å². The summed E-state index contributed by atoms with van der Waals surface area (Å²) in [4.78, 5) is 17.5. The number of nitrogens with one attached hydrogen (secondary N) is 1. The Kier molecular flexibility index (Phi) is 2.90. The number of rotatable bonds is 2. The zero-order chi connectivity index (χ0) is 9.97. The van der Waals surface area contributed by atoms with Crippen LogP contribution in [0.5, 0.6) is 0 Å². The molecule has 2 rings (SSSR count). The first-order valence-corrected chi connectivity index (χ1v) is 5.79. The van der Waals surface area contributed by atoms with E-state index in [1.54, 1.807) is 11.3 Å². The van der Waals surface area contributed by atoms with Crippen molar-refractivity contribution in [2.45, 2.75) is 9.24 Å². The van der Waals surface area contributed by atoms with Gasteiger partial charge in [-0.05, 0) is 11.4 Å². The van der Waals surface area contributed by atoms with Crippen molar-refractivity contribution in [2.24, 2.45) is 0 Å². The number of thiophene rings is 1. The van der Waals surface area contributed by atoms with E-state index in [-0.39, 0.29) is 10.6 Å². The molecule has 0 aliphatic heterocycles. The molecule has 0 amide bonds. The van der Waals surface area contributed by atoms with Crippen LogP contribution in [-0.2, 0) is 0 Å². The predicted molar refractivity (Wildman–Crippen MR) is 58.3 cm³/mol. The summed E-state index contributed by atoms with van der Waals surface area (Å²) in [6, 6.07) is 3.89. The van der Waals surface area contributed by atoms with Gasteiger partial charge in [-0.2, -0.15) is 0 Å². The van der Waals surface area contributed by atoms with E-state index in [0.717, 1.165) is 4.21 Å². The molecule has 2 aromatic rings. The third kappa shape index (κ3) is 2.00. The molecule has 6 heteroatoms. The molecule has 2 aromatic heterocycles. The second-order valence-electron chi connectivity index (χ2n) is 2.38. The predicted octanol–water partition coefficient (Wildman–Crippen LogP) is 2.64. The van der Waals surface area contributed by atoms with Gasteiger partial charge < -0.3 is 4.98 Å². The van der Waals surface area contributed by atoms with Crippen molar-refractivity contribution in [3.05, 3.63) is 39.2 Å². The number of hydrogen-bond acceptors (Lipinski definition) is 4. The summed E-state index contributed by atoms with van der Waals surface area (Å²) < 4.78 is 1.06. The number of aromatic amines is 1. The molecule has 0 atom stereocenters. The standard InChI is InChI=1S/C8H5ClN2OS2/c9-6-7(12)10-4-11-8(6)14-5-2-1-3-13-5/h1-4H,(H,10,11,12). The van der Waals surface area contributed by atoms with Gasteiger partial charge in [0.15, 0.2) is 0 Å². The van der Waals surface area contributed by atoms with Gasteiger partial charge in [-0.3, -0.25) is 4.79 Å². The summed E-state index contributed by atoms with van der Waals surface area (Å²) >= 11 is 8.76. The van der Waals surface area contributed by atoms with Crippen molar-refractivity contribution < 1.29 is 0 Å². The van der Waals surface area contributed by atoms with Crippen LogP contribution in [0, 0.1) is 0 Å². The number of aromatic nitrogens is 2. The number of halogens is 1. The molecule has 0 unspecified atom stereocenters. The molecular weight excluding hydrogens is 240 g/mol. The average molecular weight is 245 g/mol. The highest BCUT2D eigenvalue weighted by atomic mass is 35.5. The Morgan fingerprint density at radius 2 is 2.43 bits per heavy atom. The molecule has 2 heterocycles. The first kappa shape index (κ1) is 9.76. The third-order valence-corrected chi connectivity index (χ3v) is 3.96. The van der Waals surface area contributed by atoms with E-state index in [1.807, 2.05) is 17.5 Å². The zero-order valence-corrected chi connectivity index (χ0v) is 9.25. The van der Waals surface area contributed by atoms with Crippen molar-refractivity contribution in [1.29, 1.82) is 0 Å². The lowest BCUT2D eigenvalue weighted by molar-refractivity contribution is 1.02. The second-order valence-corrected chi connectivity index (χ2v) is 5.00. The minimum absolute atomic E-state index is 0.144. The topological polar surface area (TPSA) is 45.8 Å². The minimum Gasteiger partial charge on any atom is -0.312 e. The van der Waals surface area contributed by atoms with Crippen LogP contribution in [0.1, 0.15) is 0 Å². The normalized spacial score (nSPS) is 10.4. The van der Waals surface area contributed by atoms with E-state index >= 15 is 0 Å². The summed E-state index contributed by atoms with van der Waals surface area (Å²) in [5.74, 6) is 0. The lowest BCUT2D eigenvalue weighted by Gasteiger charge is -1.98. The van der Waals surface area contributed by atoms with Gasteiger partial charge in [0.25, 0.3) is 5.56 Å². The van der Waals surface area contributed by atoms with E-state index < -0.39 is 0 Å². The van der Waals surface area contributed by atoms with Gasteiger partial charge in [0, 0.05) is 0 Å². The Morgan fingerprint density at radius 3 is 3.14 bits per heavy atom. The summed E-state index contributed by atoms with van der Waals surface area (Å²) in [6.45, 7) is 0. The van der Waals surface area contributed by atoms with Crippen molar-refractivity contribution >= 4 is 34.7 Å². The number of nitrogens with zero attached hydrogens (tertiary/aromatic N) is 1. The highest BCUT2D eigenvalue weighted by Gasteiger charge is 2.07. The molecule has 1 N–H and O–H groups in total. The summed E-state index contributed by atoms with van der Waals surface area (Å²) in [6.07, 6.45) is 1.35. The molecule has 0 spiro atoms. The fourth-order valence-electron chi connectivity index (χ4n) is 0.855. The maximum Gasteiger partial charge on any atom is 0.270 e. The minimum atomic E-state index is -0.305. The van der Waals surface area contributed by atoms with Gasteiger partial charge in [0.2, 0.25) is 0 Å². The average Bonchev–Trinajstić information content (AvgIpc) is 2.66. The molecule has 0 fully saturated rings. The molecule has 0 aliphatic rings. The highest BCUT2D eigenvalue weighted by Crippen LogP contribution is 2.32. The Morgan fingerprint density at radius 1 is 1.57 bits per heavy atom. The number of hydrogen-bond donors (Lipinski definition) is 1. The SMILES string of the molecule is O=c1[nH]cnc(Sc2cccs2)c1Cl. The van der Waals surface area contributed by atoms with Gasteiger partial charge in [0.05, 0.1) is 10.5 Å². The van der Waals surface area contributed by atoms with Crippen LogP contribution in [0.3, 0.4) is 0 Å². The van der Waals surface area contributed by atoms with Crippen molar-refractivity contribution in [3.63, 3.8) is 0 Å². The molecule has 14 heavy (non-hydrogen) atoms. The van der Waals surface area contributed by atoms with Crippen LogP contribution in [0.25, 0.3) is 0 Å². The molecule has 0 radical (unpaired) electrons. The van der Waals surface area contributed by atoms with E-state index in [2.05, 4.69) is 9.97 Å². The summed E-state index contributed by atoms with van der Waals surface area (Å²) in [7, 11) is 0. The first-order chi connectivity index (χ1) is 6.77. The molecule has 0 aliphatic carbocycles. The van der Waals surface area contributed by atoms with Crippen LogP contribution in [0.4, 0.5) is 0 Å². The van der Waals surface area contributed by atoms with E-state index in [0.29, 0.717) is 5.03 Å². The Labute approximate surface area is 93.2 Å². The summed E-state index contributed by atoms with van der Waals surface area (Å²) in [5.41, 5.74) is -0.305. The van der Waals surface area contributed by atoms with Gasteiger partial charge in [0.1, 0.15) is 10.0 Å². The highest BCUT2D eigenvalue weighted by molar-refractivity contribution is 8.01. The molecule has 72 valence electrons. The molecule has 0 saturated heterocycles. The molecule has 0 saturated carbocycles. The lowest BCUT2D eigenvalue weighted by Crippen LogP contribution is -2.07. The van der Waals surface area contributed by atoms with Crippen LogP contribution in [-0.4, -0.2) is 9.97 Å². The van der Waals surface area contributed by atoms with E-state index in [9.17, 15) is 4.79 Å². The fourth-order valence-corrected chi connectivity index (χ4v) is 2.74. The Balaban J connectivity index is 2.34. The van der Waals surface area contributed by atoms with Crippen LogP contribution < -0.4 is 5.56 Å². The third-order valence-electron chi connectivity index (χ3n) is 1.46. The Hall–Kier alpha value is -0.780. The van der Waals surface area contributed by atoms with Gasteiger partial charge in [-0.1, -0.05) is 29.4 Å². The van der Waals surface area contributed by atoms with Crippen LogP contribution in [0.15, 0.2) is 37.9 Å². The Bertz CT molecular complexity index is 480. The summed E-state index contributed by atoms with van der Waals surface area (Å²) in [5, 5.41) is 2.65. The van der Waals surface area contributed by atoms with E-state index in [4.69, 9.17) is 11.6 Å². The molecule has 3 nitrogen and oxygen atoms in total.